The number of guanidine groups is 1. The van der Waals surface area contributed by atoms with Crippen molar-refractivity contribution in [2.24, 2.45) is 4.99 Å². The Morgan fingerprint density at radius 3 is 2.67 bits per heavy atom. The molecule has 0 saturated heterocycles. The van der Waals surface area contributed by atoms with Gasteiger partial charge in [-0.3, -0.25) is 4.99 Å². The molecule has 6 heteroatoms. The van der Waals surface area contributed by atoms with Crippen molar-refractivity contribution in [2.75, 3.05) is 13.6 Å². The van der Waals surface area contributed by atoms with Crippen LogP contribution in [0.5, 0.6) is 0 Å². The molecule has 0 aliphatic heterocycles. The highest BCUT2D eigenvalue weighted by atomic mass is 127. The van der Waals surface area contributed by atoms with E-state index in [0.29, 0.717) is 17.6 Å². The average molecular weight is 459 g/mol. The van der Waals surface area contributed by atoms with Crippen molar-refractivity contribution in [1.82, 2.24) is 15.6 Å². The zero-order valence-corrected chi connectivity index (χ0v) is 17.3. The minimum atomic E-state index is 0. The largest absolute Gasteiger partial charge is 0.356 e. The Bertz CT molecular complexity index is 658. The molecule has 0 spiro atoms. The summed E-state index contributed by atoms with van der Waals surface area (Å²) in [4.78, 5) is 8.32. The molecule has 1 aromatic carbocycles. The highest BCUT2D eigenvalue weighted by Gasteiger charge is 2.07. The zero-order chi connectivity index (χ0) is 16.7. The molecule has 4 nitrogen and oxygen atoms in total. The lowest BCUT2D eigenvalue weighted by molar-refractivity contribution is 0.698. The molecule has 0 bridgehead atoms. The fraction of sp³-hybridized carbons (Fsp3) is 0.333. The Labute approximate surface area is 166 Å². The first-order chi connectivity index (χ1) is 11.1. The van der Waals surface area contributed by atoms with Crippen molar-refractivity contribution in [3.05, 3.63) is 64.4 Å². The van der Waals surface area contributed by atoms with E-state index in [1.54, 1.807) is 19.3 Å². The van der Waals surface area contributed by atoms with Crippen LogP contribution in [0, 0.1) is 6.92 Å². The summed E-state index contributed by atoms with van der Waals surface area (Å²) < 4.78 is 0. The van der Waals surface area contributed by atoms with E-state index in [-0.39, 0.29) is 24.0 Å². The third-order valence-electron chi connectivity index (χ3n) is 3.66. The normalized spacial score (nSPS) is 12.2. The van der Waals surface area contributed by atoms with Crippen molar-refractivity contribution in [1.29, 1.82) is 0 Å². The Balaban J connectivity index is 0.00000288. The van der Waals surface area contributed by atoms with Gasteiger partial charge in [0.25, 0.3) is 0 Å². The van der Waals surface area contributed by atoms with E-state index < -0.39 is 0 Å². The molecular weight excluding hydrogens is 435 g/mol. The Morgan fingerprint density at radius 1 is 1.25 bits per heavy atom. The van der Waals surface area contributed by atoms with Crippen LogP contribution in [0.1, 0.15) is 29.5 Å². The van der Waals surface area contributed by atoms with Crippen LogP contribution in [0.3, 0.4) is 0 Å². The molecule has 0 aliphatic carbocycles. The van der Waals surface area contributed by atoms with E-state index in [1.165, 1.54) is 11.1 Å². The van der Waals surface area contributed by atoms with Gasteiger partial charge in [0, 0.05) is 26.3 Å². The number of benzene rings is 1. The molecule has 1 atom stereocenters. The average Bonchev–Trinajstić information content (AvgIpc) is 2.56. The quantitative estimate of drug-likeness (QED) is 0.307. The number of aryl methyl sites for hydroxylation is 1. The number of hydrogen-bond donors (Lipinski definition) is 2. The van der Waals surface area contributed by atoms with Crippen LogP contribution in [0.25, 0.3) is 0 Å². The molecule has 1 unspecified atom stereocenters. The standard InChI is InChI=1S/C18H23ClN4.HI/c1-13-5-4-6-16(9-13)14(2)10-22-18(20-3)23-12-15-7-8-17(19)21-11-15;/h4-9,11,14H,10,12H2,1-3H3,(H2,20,22,23);1H. The van der Waals surface area contributed by atoms with Crippen LogP contribution < -0.4 is 10.6 Å². The summed E-state index contributed by atoms with van der Waals surface area (Å²) in [6.45, 7) is 5.80. The third-order valence-corrected chi connectivity index (χ3v) is 3.88. The SMILES string of the molecule is CN=C(NCc1ccc(Cl)nc1)NCC(C)c1cccc(C)c1.I. The van der Waals surface area contributed by atoms with Crippen molar-refractivity contribution in [2.45, 2.75) is 26.3 Å². The fourth-order valence-corrected chi connectivity index (χ4v) is 2.37. The molecule has 0 saturated carbocycles. The van der Waals surface area contributed by atoms with Crippen LogP contribution in [0.2, 0.25) is 5.15 Å². The van der Waals surface area contributed by atoms with Crippen molar-refractivity contribution < 1.29 is 0 Å². The number of aliphatic imine (C=N–C) groups is 1. The Morgan fingerprint density at radius 2 is 2.04 bits per heavy atom. The number of aromatic nitrogens is 1. The molecule has 24 heavy (non-hydrogen) atoms. The molecule has 2 N–H and O–H groups in total. The maximum Gasteiger partial charge on any atom is 0.191 e. The van der Waals surface area contributed by atoms with Gasteiger partial charge >= 0.3 is 0 Å². The molecule has 0 amide bonds. The molecule has 130 valence electrons. The van der Waals surface area contributed by atoms with Crippen molar-refractivity contribution >= 4 is 41.5 Å². The summed E-state index contributed by atoms with van der Waals surface area (Å²) in [5.74, 6) is 1.19. The fourth-order valence-electron chi connectivity index (χ4n) is 2.26. The summed E-state index contributed by atoms with van der Waals surface area (Å²) in [5, 5.41) is 7.14. The maximum atomic E-state index is 5.79. The van der Waals surface area contributed by atoms with Gasteiger partial charge in [-0.2, -0.15) is 0 Å². The van der Waals surface area contributed by atoms with Crippen LogP contribution in [-0.4, -0.2) is 24.5 Å². The smallest absolute Gasteiger partial charge is 0.191 e. The zero-order valence-electron chi connectivity index (χ0n) is 14.2. The number of halogens is 2. The summed E-state index contributed by atoms with van der Waals surface area (Å²) in [7, 11) is 1.77. The van der Waals surface area contributed by atoms with Crippen LogP contribution in [0.15, 0.2) is 47.6 Å². The number of pyridine rings is 1. The predicted molar refractivity (Wildman–Crippen MR) is 112 cm³/mol. The van der Waals surface area contributed by atoms with Gasteiger partial charge in [-0.1, -0.05) is 54.4 Å². The van der Waals surface area contributed by atoms with Gasteiger partial charge < -0.3 is 10.6 Å². The van der Waals surface area contributed by atoms with E-state index in [0.717, 1.165) is 18.1 Å². The first kappa shape index (κ1) is 20.7. The summed E-state index contributed by atoms with van der Waals surface area (Å²) in [6.07, 6.45) is 1.76. The number of hydrogen-bond acceptors (Lipinski definition) is 2. The highest BCUT2D eigenvalue weighted by Crippen LogP contribution is 2.15. The highest BCUT2D eigenvalue weighted by molar-refractivity contribution is 14.0. The van der Waals surface area contributed by atoms with Gasteiger partial charge in [-0.05, 0) is 30.0 Å². The van der Waals surface area contributed by atoms with Crippen LogP contribution in [0.4, 0.5) is 0 Å². The summed E-state index contributed by atoms with van der Waals surface area (Å²) in [5.41, 5.74) is 3.67. The second kappa shape index (κ2) is 10.5. The molecule has 1 aromatic heterocycles. The van der Waals surface area contributed by atoms with Gasteiger partial charge in [-0.25, -0.2) is 4.98 Å². The first-order valence-corrected chi connectivity index (χ1v) is 8.08. The molecular formula is C18H24ClIN4. The minimum Gasteiger partial charge on any atom is -0.356 e. The summed E-state index contributed by atoms with van der Waals surface area (Å²) in [6, 6.07) is 12.3. The van der Waals surface area contributed by atoms with E-state index in [4.69, 9.17) is 11.6 Å². The molecule has 0 aliphatic rings. The Hall–Kier alpha value is -1.34. The second-order valence-corrected chi connectivity index (χ2v) is 6.00. The van der Waals surface area contributed by atoms with E-state index in [1.807, 2.05) is 6.07 Å². The molecule has 0 radical (unpaired) electrons. The second-order valence-electron chi connectivity index (χ2n) is 5.61. The van der Waals surface area contributed by atoms with Crippen LogP contribution >= 0.6 is 35.6 Å². The summed E-state index contributed by atoms with van der Waals surface area (Å²) >= 11 is 5.79. The van der Waals surface area contributed by atoms with Crippen LogP contribution in [-0.2, 0) is 6.54 Å². The molecule has 2 rings (SSSR count). The van der Waals surface area contributed by atoms with Gasteiger partial charge in [0.1, 0.15) is 5.15 Å². The first-order valence-electron chi connectivity index (χ1n) is 7.70. The monoisotopic (exact) mass is 458 g/mol. The Kier molecular flexibility index (Phi) is 9.07. The molecule has 0 fully saturated rings. The van der Waals surface area contributed by atoms with Gasteiger partial charge in [-0.15, -0.1) is 24.0 Å². The maximum absolute atomic E-state index is 5.79. The lowest BCUT2D eigenvalue weighted by Gasteiger charge is -2.17. The lowest BCUT2D eigenvalue weighted by atomic mass is 9.99. The van der Waals surface area contributed by atoms with E-state index in [9.17, 15) is 0 Å². The third kappa shape index (κ3) is 6.65. The van der Waals surface area contributed by atoms with Gasteiger partial charge in [0.05, 0.1) is 0 Å². The van der Waals surface area contributed by atoms with E-state index in [2.05, 4.69) is 58.7 Å². The predicted octanol–water partition coefficient (Wildman–Crippen LogP) is 4.13. The topological polar surface area (TPSA) is 49.3 Å². The molecule has 1 heterocycles. The van der Waals surface area contributed by atoms with E-state index >= 15 is 0 Å². The van der Waals surface area contributed by atoms with Crippen molar-refractivity contribution in [3.63, 3.8) is 0 Å². The number of nitrogens with one attached hydrogen (secondary N) is 2. The minimum absolute atomic E-state index is 0. The van der Waals surface area contributed by atoms with Gasteiger partial charge in [0.2, 0.25) is 0 Å². The lowest BCUT2D eigenvalue weighted by Crippen LogP contribution is -2.38. The van der Waals surface area contributed by atoms with Gasteiger partial charge in [0.15, 0.2) is 5.96 Å². The molecule has 2 aromatic rings. The van der Waals surface area contributed by atoms with Crippen molar-refractivity contribution in [3.8, 4) is 0 Å². The number of nitrogens with zero attached hydrogens (tertiary/aromatic N) is 2. The number of rotatable bonds is 5.